The second-order valence-corrected chi connectivity index (χ2v) is 3.91. The zero-order chi connectivity index (χ0) is 12.3. The first-order valence-corrected chi connectivity index (χ1v) is 5.66. The molecule has 0 spiro atoms. The van der Waals surface area contributed by atoms with Crippen molar-refractivity contribution in [2.45, 2.75) is 19.9 Å². The van der Waals surface area contributed by atoms with Crippen LogP contribution in [0.25, 0.3) is 0 Å². The summed E-state index contributed by atoms with van der Waals surface area (Å²) in [6, 6.07) is 0. The Bertz CT molecular complexity index is 509. The van der Waals surface area contributed by atoms with Gasteiger partial charge in [-0.1, -0.05) is 18.5 Å². The van der Waals surface area contributed by atoms with Crippen LogP contribution in [0.4, 0.5) is 5.82 Å². The van der Waals surface area contributed by atoms with Gasteiger partial charge in [-0.15, -0.1) is 10.2 Å². The zero-order valence-electron chi connectivity index (χ0n) is 9.68. The van der Waals surface area contributed by atoms with E-state index in [9.17, 15) is 0 Å². The van der Waals surface area contributed by atoms with Gasteiger partial charge in [-0.2, -0.15) is 0 Å². The van der Waals surface area contributed by atoms with Crippen LogP contribution in [0.15, 0.2) is 12.7 Å². The zero-order valence-corrected chi connectivity index (χ0v) is 10.4. The molecule has 0 aromatic carbocycles. The van der Waals surface area contributed by atoms with Crippen molar-refractivity contribution in [3.05, 3.63) is 29.2 Å². The van der Waals surface area contributed by atoms with Gasteiger partial charge in [-0.25, -0.2) is 9.97 Å². The Morgan fingerprint density at radius 3 is 2.88 bits per heavy atom. The summed E-state index contributed by atoms with van der Waals surface area (Å²) in [7, 11) is 1.89. The van der Waals surface area contributed by atoms with Gasteiger partial charge in [0.05, 0.1) is 6.54 Å². The van der Waals surface area contributed by atoms with E-state index < -0.39 is 0 Å². The SMILES string of the molecule is CCc1c(Cl)ncnc1NCc1nncn1C. The second kappa shape index (κ2) is 5.09. The molecule has 7 heteroatoms. The number of nitrogens with one attached hydrogen (secondary N) is 1. The number of hydrogen-bond acceptors (Lipinski definition) is 5. The molecule has 90 valence electrons. The fourth-order valence-electron chi connectivity index (χ4n) is 1.49. The van der Waals surface area contributed by atoms with Gasteiger partial charge in [0, 0.05) is 12.6 Å². The minimum absolute atomic E-state index is 0.489. The highest BCUT2D eigenvalue weighted by atomic mass is 35.5. The minimum atomic E-state index is 0.489. The molecule has 2 heterocycles. The first-order chi connectivity index (χ1) is 8.22. The molecule has 0 amide bonds. The van der Waals surface area contributed by atoms with Gasteiger partial charge < -0.3 is 9.88 Å². The van der Waals surface area contributed by atoms with Crippen molar-refractivity contribution in [1.29, 1.82) is 0 Å². The van der Waals surface area contributed by atoms with Crippen molar-refractivity contribution in [1.82, 2.24) is 24.7 Å². The Morgan fingerprint density at radius 2 is 2.24 bits per heavy atom. The van der Waals surface area contributed by atoms with Gasteiger partial charge in [0.2, 0.25) is 0 Å². The fourth-order valence-corrected chi connectivity index (χ4v) is 1.75. The third-order valence-corrected chi connectivity index (χ3v) is 2.79. The predicted octanol–water partition coefficient (Wildman–Crippen LogP) is 1.43. The average molecular weight is 253 g/mol. The second-order valence-electron chi connectivity index (χ2n) is 3.56. The molecule has 2 aromatic rings. The molecule has 6 nitrogen and oxygen atoms in total. The number of aromatic nitrogens is 5. The van der Waals surface area contributed by atoms with Crippen molar-refractivity contribution < 1.29 is 0 Å². The van der Waals surface area contributed by atoms with Gasteiger partial charge in [0.1, 0.15) is 23.6 Å². The van der Waals surface area contributed by atoms with Gasteiger partial charge >= 0.3 is 0 Å². The summed E-state index contributed by atoms with van der Waals surface area (Å²) in [5, 5.41) is 11.5. The van der Waals surface area contributed by atoms with Crippen molar-refractivity contribution >= 4 is 17.4 Å². The number of hydrogen-bond donors (Lipinski definition) is 1. The van der Waals surface area contributed by atoms with E-state index in [0.717, 1.165) is 23.6 Å². The van der Waals surface area contributed by atoms with Crippen LogP contribution in [-0.4, -0.2) is 24.7 Å². The van der Waals surface area contributed by atoms with E-state index in [1.807, 2.05) is 18.5 Å². The van der Waals surface area contributed by atoms with Crippen LogP contribution in [0.5, 0.6) is 0 Å². The number of rotatable bonds is 4. The first kappa shape index (κ1) is 11.8. The van der Waals surface area contributed by atoms with Crippen LogP contribution >= 0.6 is 11.6 Å². The predicted molar refractivity (Wildman–Crippen MR) is 64.7 cm³/mol. The molecule has 0 unspecified atom stereocenters. The highest BCUT2D eigenvalue weighted by molar-refractivity contribution is 6.30. The maximum Gasteiger partial charge on any atom is 0.151 e. The molecular formula is C10H13ClN6. The molecule has 0 atom stereocenters. The quantitative estimate of drug-likeness (QED) is 0.834. The number of nitrogens with zero attached hydrogens (tertiary/aromatic N) is 5. The molecule has 0 radical (unpaired) electrons. The Morgan fingerprint density at radius 1 is 1.41 bits per heavy atom. The Labute approximate surface area is 104 Å². The van der Waals surface area contributed by atoms with E-state index in [2.05, 4.69) is 25.5 Å². The molecule has 2 rings (SSSR count). The van der Waals surface area contributed by atoms with Crippen molar-refractivity contribution in [2.24, 2.45) is 7.05 Å². The summed E-state index contributed by atoms with van der Waals surface area (Å²) in [5.41, 5.74) is 0.913. The van der Waals surface area contributed by atoms with Crippen LogP contribution in [-0.2, 0) is 20.0 Å². The standard InChI is InChI=1S/C10H13ClN6/c1-3-7-9(11)13-5-14-10(7)12-4-8-16-15-6-17(8)2/h5-6H,3-4H2,1-2H3,(H,12,13,14). The summed E-state index contributed by atoms with van der Waals surface area (Å²) in [5.74, 6) is 1.58. The van der Waals surface area contributed by atoms with Gasteiger partial charge in [0.25, 0.3) is 0 Å². The van der Waals surface area contributed by atoms with E-state index >= 15 is 0 Å². The molecular weight excluding hydrogens is 240 g/mol. The largest absolute Gasteiger partial charge is 0.362 e. The maximum atomic E-state index is 6.00. The van der Waals surface area contributed by atoms with Crippen LogP contribution < -0.4 is 5.32 Å². The monoisotopic (exact) mass is 252 g/mol. The normalized spacial score (nSPS) is 10.5. The lowest BCUT2D eigenvalue weighted by atomic mass is 10.2. The minimum Gasteiger partial charge on any atom is -0.362 e. The van der Waals surface area contributed by atoms with E-state index in [-0.39, 0.29) is 0 Å². The first-order valence-electron chi connectivity index (χ1n) is 5.28. The lowest BCUT2D eigenvalue weighted by Crippen LogP contribution is -2.09. The molecule has 0 saturated heterocycles. The Hall–Kier alpha value is -1.69. The summed E-state index contributed by atoms with van der Waals surface area (Å²) >= 11 is 6.00. The maximum absolute atomic E-state index is 6.00. The van der Waals surface area contributed by atoms with Crippen LogP contribution in [0.1, 0.15) is 18.3 Å². The molecule has 0 aliphatic heterocycles. The third kappa shape index (κ3) is 2.52. The molecule has 1 N–H and O–H groups in total. The molecule has 0 aliphatic carbocycles. The molecule has 0 aliphatic rings. The highest BCUT2D eigenvalue weighted by Crippen LogP contribution is 2.20. The Balaban J connectivity index is 2.14. The van der Waals surface area contributed by atoms with E-state index in [4.69, 9.17) is 11.6 Å². The topological polar surface area (TPSA) is 68.5 Å². The summed E-state index contributed by atoms with van der Waals surface area (Å²) < 4.78 is 1.85. The summed E-state index contributed by atoms with van der Waals surface area (Å²) in [6.07, 6.45) is 3.88. The van der Waals surface area contributed by atoms with Crippen molar-refractivity contribution in [3.63, 3.8) is 0 Å². The van der Waals surface area contributed by atoms with Crippen molar-refractivity contribution in [3.8, 4) is 0 Å². The van der Waals surface area contributed by atoms with Gasteiger partial charge in [-0.05, 0) is 6.42 Å². The number of aryl methyl sites for hydroxylation is 1. The third-order valence-electron chi connectivity index (χ3n) is 2.47. The highest BCUT2D eigenvalue weighted by Gasteiger charge is 2.08. The molecule has 2 aromatic heterocycles. The smallest absolute Gasteiger partial charge is 0.151 e. The summed E-state index contributed by atoms with van der Waals surface area (Å²) in [4.78, 5) is 8.13. The fraction of sp³-hybridized carbons (Fsp3) is 0.400. The van der Waals surface area contributed by atoms with Crippen LogP contribution in [0, 0.1) is 0 Å². The number of halogens is 1. The molecule has 0 bridgehead atoms. The molecule has 17 heavy (non-hydrogen) atoms. The van der Waals surface area contributed by atoms with Crippen LogP contribution in [0.2, 0.25) is 5.15 Å². The average Bonchev–Trinajstić information content (AvgIpc) is 2.72. The van der Waals surface area contributed by atoms with Gasteiger partial charge in [0.15, 0.2) is 5.82 Å². The van der Waals surface area contributed by atoms with E-state index in [1.54, 1.807) is 6.33 Å². The number of anilines is 1. The van der Waals surface area contributed by atoms with Crippen molar-refractivity contribution in [2.75, 3.05) is 5.32 Å². The van der Waals surface area contributed by atoms with E-state index in [0.29, 0.717) is 11.7 Å². The summed E-state index contributed by atoms with van der Waals surface area (Å²) in [6.45, 7) is 2.56. The lowest BCUT2D eigenvalue weighted by Gasteiger charge is -2.09. The van der Waals surface area contributed by atoms with Gasteiger partial charge in [-0.3, -0.25) is 0 Å². The molecule has 0 saturated carbocycles. The lowest BCUT2D eigenvalue weighted by molar-refractivity contribution is 0.808. The van der Waals surface area contributed by atoms with Crippen LogP contribution in [0.3, 0.4) is 0 Å². The van der Waals surface area contributed by atoms with E-state index in [1.165, 1.54) is 6.33 Å². The molecule has 0 fully saturated rings. The Kier molecular flexibility index (Phi) is 3.53.